The number of benzene rings is 1. The van der Waals surface area contributed by atoms with Gasteiger partial charge in [0.25, 0.3) is 0 Å². The Morgan fingerprint density at radius 2 is 1.76 bits per heavy atom. The van der Waals surface area contributed by atoms with Crippen molar-refractivity contribution >= 4 is 17.2 Å². The van der Waals surface area contributed by atoms with Crippen LogP contribution in [0.15, 0.2) is 24.8 Å². The summed E-state index contributed by atoms with van der Waals surface area (Å²) >= 11 is 6.11. The van der Waals surface area contributed by atoms with Gasteiger partial charge >= 0.3 is 0 Å². The molecule has 0 N–H and O–H groups in total. The van der Waals surface area contributed by atoms with Crippen LogP contribution in [0.25, 0.3) is 5.57 Å². The Morgan fingerprint density at radius 3 is 2.24 bits per heavy atom. The number of hydrogen-bond acceptors (Lipinski definition) is 0. The number of halogens is 1. The van der Waals surface area contributed by atoms with E-state index in [2.05, 4.69) is 33.4 Å². The topological polar surface area (TPSA) is 0 Å². The summed E-state index contributed by atoms with van der Waals surface area (Å²) in [7, 11) is 0. The minimum atomic E-state index is 0.600. The lowest BCUT2D eigenvalue weighted by atomic mass is 9.86. The minimum absolute atomic E-state index is 0.600. The second-order valence-electron chi connectivity index (χ2n) is 4.82. The van der Waals surface area contributed by atoms with Gasteiger partial charge in [-0.25, -0.2) is 0 Å². The van der Waals surface area contributed by atoms with E-state index >= 15 is 0 Å². The van der Waals surface area contributed by atoms with Gasteiger partial charge in [0.2, 0.25) is 0 Å². The predicted molar refractivity (Wildman–Crippen MR) is 78.5 cm³/mol. The van der Waals surface area contributed by atoms with Gasteiger partial charge in [0, 0.05) is 5.02 Å². The molecule has 0 aliphatic rings. The lowest BCUT2D eigenvalue weighted by Crippen LogP contribution is -2.02. The number of hydrogen-bond donors (Lipinski definition) is 0. The fourth-order valence-electron chi connectivity index (χ4n) is 2.35. The van der Waals surface area contributed by atoms with Crippen LogP contribution in [0.2, 0.25) is 5.02 Å². The summed E-state index contributed by atoms with van der Waals surface area (Å²) in [5.41, 5.74) is 3.67. The van der Waals surface area contributed by atoms with Gasteiger partial charge in [-0.05, 0) is 54.5 Å². The van der Waals surface area contributed by atoms with Crippen LogP contribution in [0.5, 0.6) is 0 Å². The van der Waals surface area contributed by atoms with Crippen LogP contribution in [0.1, 0.15) is 50.7 Å². The quantitative estimate of drug-likeness (QED) is 0.592. The van der Waals surface area contributed by atoms with Crippen molar-refractivity contribution in [2.45, 2.75) is 46.5 Å². The van der Waals surface area contributed by atoms with Crippen molar-refractivity contribution < 1.29 is 0 Å². The van der Waals surface area contributed by atoms with Crippen molar-refractivity contribution in [3.05, 3.63) is 40.9 Å². The molecule has 94 valence electrons. The van der Waals surface area contributed by atoms with Gasteiger partial charge in [0.1, 0.15) is 0 Å². The Balaban J connectivity index is 2.92. The first-order valence-electron chi connectivity index (χ1n) is 6.54. The first-order chi connectivity index (χ1) is 8.08. The maximum atomic E-state index is 6.11. The van der Waals surface area contributed by atoms with E-state index in [0.717, 1.165) is 5.02 Å². The molecule has 17 heavy (non-hydrogen) atoms. The molecule has 1 aromatic carbocycles. The summed E-state index contributed by atoms with van der Waals surface area (Å²) in [5, 5.41) is 0.813. The predicted octanol–water partition coefficient (Wildman–Crippen LogP) is 5.88. The van der Waals surface area contributed by atoms with Crippen LogP contribution in [-0.2, 0) is 0 Å². The van der Waals surface area contributed by atoms with Crippen molar-refractivity contribution in [3.8, 4) is 0 Å². The highest BCUT2D eigenvalue weighted by Crippen LogP contribution is 2.31. The summed E-state index contributed by atoms with van der Waals surface area (Å²) in [6, 6.07) is 6.22. The highest BCUT2D eigenvalue weighted by molar-refractivity contribution is 6.30. The Bertz CT molecular complexity index is 353. The lowest BCUT2D eigenvalue weighted by molar-refractivity contribution is 0.544. The van der Waals surface area contributed by atoms with Crippen molar-refractivity contribution in [1.29, 1.82) is 0 Å². The molecule has 0 aliphatic heterocycles. The zero-order valence-corrected chi connectivity index (χ0v) is 12.0. The molecule has 0 bridgehead atoms. The van der Waals surface area contributed by atoms with Gasteiger partial charge in [-0.15, -0.1) is 0 Å². The highest BCUT2D eigenvalue weighted by Gasteiger charge is 2.13. The standard InChI is InChI=1S/C16H23Cl/c1-5-7-14(8-6-2)13(4)15-9-12(3)10-16(17)11-15/h9-11,14H,4-8H2,1-3H3. The zero-order valence-electron chi connectivity index (χ0n) is 11.2. The molecule has 0 aromatic heterocycles. The molecule has 0 heterocycles. The molecule has 0 aliphatic carbocycles. The van der Waals surface area contributed by atoms with Gasteiger partial charge in [-0.1, -0.05) is 50.9 Å². The molecule has 0 spiro atoms. The molecule has 1 rings (SSSR count). The minimum Gasteiger partial charge on any atom is -0.0950 e. The molecule has 0 amide bonds. The summed E-state index contributed by atoms with van der Waals surface area (Å²) in [6.45, 7) is 10.8. The van der Waals surface area contributed by atoms with Crippen LogP contribution in [0, 0.1) is 12.8 Å². The zero-order chi connectivity index (χ0) is 12.8. The van der Waals surface area contributed by atoms with Gasteiger partial charge < -0.3 is 0 Å². The maximum absolute atomic E-state index is 6.11. The molecule has 0 saturated heterocycles. The number of rotatable bonds is 6. The highest BCUT2D eigenvalue weighted by atomic mass is 35.5. The summed E-state index contributed by atoms with van der Waals surface area (Å²) in [5.74, 6) is 0.600. The SMILES string of the molecule is C=C(c1cc(C)cc(Cl)c1)C(CCC)CCC. The van der Waals surface area contributed by atoms with Gasteiger partial charge in [-0.3, -0.25) is 0 Å². The fourth-order valence-corrected chi connectivity index (χ4v) is 2.64. The van der Waals surface area contributed by atoms with Crippen LogP contribution in [0.4, 0.5) is 0 Å². The molecule has 0 fully saturated rings. The molecule has 0 nitrogen and oxygen atoms in total. The molecule has 1 heteroatoms. The Hall–Kier alpha value is -0.750. The van der Waals surface area contributed by atoms with E-state index in [1.165, 1.54) is 42.4 Å². The molecule has 0 atom stereocenters. The Morgan fingerprint density at radius 1 is 1.18 bits per heavy atom. The van der Waals surface area contributed by atoms with Gasteiger partial charge in [-0.2, -0.15) is 0 Å². The third kappa shape index (κ3) is 4.20. The second kappa shape index (κ2) is 6.86. The number of aryl methyl sites for hydroxylation is 1. The van der Waals surface area contributed by atoms with Crippen molar-refractivity contribution in [2.75, 3.05) is 0 Å². The average Bonchev–Trinajstić information content (AvgIpc) is 2.26. The van der Waals surface area contributed by atoms with E-state index < -0.39 is 0 Å². The van der Waals surface area contributed by atoms with Crippen molar-refractivity contribution in [2.24, 2.45) is 5.92 Å². The molecular weight excluding hydrogens is 228 g/mol. The first kappa shape index (κ1) is 14.3. The van der Waals surface area contributed by atoms with Crippen molar-refractivity contribution in [1.82, 2.24) is 0 Å². The maximum Gasteiger partial charge on any atom is 0.0414 e. The fraction of sp³-hybridized carbons (Fsp3) is 0.500. The van der Waals surface area contributed by atoms with E-state index in [1.807, 2.05) is 12.1 Å². The Labute approximate surface area is 111 Å². The lowest BCUT2D eigenvalue weighted by Gasteiger charge is -2.19. The summed E-state index contributed by atoms with van der Waals surface area (Å²) in [6.07, 6.45) is 4.86. The third-order valence-corrected chi connectivity index (χ3v) is 3.40. The van der Waals surface area contributed by atoms with Crippen LogP contribution < -0.4 is 0 Å². The number of allylic oxidation sites excluding steroid dienone is 1. The van der Waals surface area contributed by atoms with Gasteiger partial charge in [0.05, 0.1) is 0 Å². The monoisotopic (exact) mass is 250 g/mol. The first-order valence-corrected chi connectivity index (χ1v) is 6.92. The second-order valence-corrected chi connectivity index (χ2v) is 5.25. The van der Waals surface area contributed by atoms with Crippen molar-refractivity contribution in [3.63, 3.8) is 0 Å². The van der Waals surface area contributed by atoms with E-state index in [9.17, 15) is 0 Å². The average molecular weight is 251 g/mol. The smallest absolute Gasteiger partial charge is 0.0414 e. The van der Waals surface area contributed by atoms with Crippen LogP contribution >= 0.6 is 11.6 Å². The Kier molecular flexibility index (Phi) is 5.77. The largest absolute Gasteiger partial charge is 0.0950 e. The third-order valence-electron chi connectivity index (χ3n) is 3.18. The van der Waals surface area contributed by atoms with E-state index in [0.29, 0.717) is 5.92 Å². The van der Waals surface area contributed by atoms with E-state index in [4.69, 9.17) is 11.6 Å². The van der Waals surface area contributed by atoms with Gasteiger partial charge in [0.15, 0.2) is 0 Å². The van der Waals surface area contributed by atoms with E-state index in [-0.39, 0.29) is 0 Å². The molecule has 0 unspecified atom stereocenters. The molecular formula is C16H23Cl. The summed E-state index contributed by atoms with van der Waals surface area (Å²) < 4.78 is 0. The van der Waals surface area contributed by atoms with Crippen LogP contribution in [-0.4, -0.2) is 0 Å². The molecule has 1 aromatic rings. The molecule has 0 radical (unpaired) electrons. The van der Waals surface area contributed by atoms with Crippen LogP contribution in [0.3, 0.4) is 0 Å². The molecule has 0 saturated carbocycles. The summed E-state index contributed by atoms with van der Waals surface area (Å²) in [4.78, 5) is 0. The normalized spacial score (nSPS) is 10.9. The van der Waals surface area contributed by atoms with E-state index in [1.54, 1.807) is 0 Å².